The number of cyclic esters (lactones) is 1. The highest BCUT2D eigenvalue weighted by molar-refractivity contribution is 5.87. The van der Waals surface area contributed by atoms with Crippen LogP contribution < -0.4 is 5.31 Å². The number of nitrogens with one attached hydrogen (secondary N) is 1. The molecule has 0 aromatic carbocycles. The number of hydrogen-bond donors (Lipinski definition) is 5. The SMILES string of the molecule is [2H]N(C(C)=O)[C@]1(O)C(=O)O[C@H](CO)[C@@H](O)[C@@H]1O. The molecule has 5 N–H and O–H groups in total. The van der Waals surface area contributed by atoms with Gasteiger partial charge in [-0.2, -0.15) is 0 Å². The van der Waals surface area contributed by atoms with E-state index in [2.05, 4.69) is 4.74 Å². The number of ether oxygens (including phenoxy) is 1. The number of hydrogen-bond acceptors (Lipinski definition) is 7. The molecule has 8 heteroatoms. The lowest BCUT2D eigenvalue weighted by Gasteiger charge is -2.40. The maximum atomic E-state index is 11.4. The molecule has 1 fully saturated rings. The van der Waals surface area contributed by atoms with Crippen LogP contribution in [0.1, 0.15) is 6.92 Å². The molecule has 1 aliphatic rings. The molecule has 4 atom stereocenters. The third-order valence-electron chi connectivity index (χ3n) is 2.18. The van der Waals surface area contributed by atoms with Crippen LogP contribution in [-0.2, 0) is 14.3 Å². The average Bonchev–Trinajstić information content (AvgIpc) is 2.29. The molecule has 0 aromatic heterocycles. The number of aliphatic hydroxyl groups is 4. The van der Waals surface area contributed by atoms with Crippen molar-refractivity contribution in [2.75, 3.05) is 6.61 Å². The Bertz CT molecular complexity index is 338. The average molecular weight is 236 g/mol. The Labute approximate surface area is 91.9 Å². The van der Waals surface area contributed by atoms with E-state index in [1.165, 1.54) is 0 Å². The van der Waals surface area contributed by atoms with Gasteiger partial charge < -0.3 is 30.5 Å². The molecule has 16 heavy (non-hydrogen) atoms. The number of carbonyl (C=O) groups excluding carboxylic acids is 2. The zero-order chi connectivity index (χ0) is 13.4. The van der Waals surface area contributed by atoms with Crippen LogP contribution in [0.15, 0.2) is 0 Å². The lowest BCUT2D eigenvalue weighted by Crippen LogP contribution is -2.71. The number of carbonyl (C=O) groups is 2. The van der Waals surface area contributed by atoms with E-state index in [0.29, 0.717) is 0 Å². The summed E-state index contributed by atoms with van der Waals surface area (Å²) in [6, 6.07) is 0. The molecule has 0 radical (unpaired) electrons. The molecule has 0 spiro atoms. The summed E-state index contributed by atoms with van der Waals surface area (Å²) < 4.78 is 11.6. The van der Waals surface area contributed by atoms with Crippen LogP contribution in [-0.4, -0.2) is 62.9 Å². The van der Waals surface area contributed by atoms with Gasteiger partial charge in [-0.15, -0.1) is 0 Å². The van der Waals surface area contributed by atoms with Crippen molar-refractivity contribution in [3.63, 3.8) is 0 Å². The van der Waals surface area contributed by atoms with Crippen LogP contribution in [0.4, 0.5) is 0 Å². The Hall–Kier alpha value is -1.22. The maximum absolute atomic E-state index is 11.4. The largest absolute Gasteiger partial charge is 0.453 e. The summed E-state index contributed by atoms with van der Waals surface area (Å²) in [6.07, 6.45) is -5.38. The van der Waals surface area contributed by atoms with Crippen LogP contribution in [0.3, 0.4) is 0 Å². The monoisotopic (exact) mass is 236 g/mol. The lowest BCUT2D eigenvalue weighted by molar-refractivity contribution is -0.239. The van der Waals surface area contributed by atoms with Gasteiger partial charge in [-0.3, -0.25) is 4.79 Å². The fraction of sp³-hybridized carbons (Fsp3) is 0.750. The standard InChI is InChI=1S/C8H13NO7/c1-3(11)9-8(15)6(13)5(12)4(2-10)16-7(8)14/h4-6,10,12-13,15H,2H2,1H3,(H,9,11)/t4-,5-,6+,8-/m1/s1/i/hD. The van der Waals surface area contributed by atoms with Crippen LogP contribution in [0.2, 0.25) is 1.41 Å². The first-order valence-corrected chi connectivity index (χ1v) is 4.47. The van der Waals surface area contributed by atoms with Gasteiger partial charge in [0.1, 0.15) is 12.2 Å². The van der Waals surface area contributed by atoms with Gasteiger partial charge in [0, 0.05) is 6.92 Å². The van der Waals surface area contributed by atoms with Gasteiger partial charge in [-0.1, -0.05) is 0 Å². The highest BCUT2D eigenvalue weighted by atomic mass is 16.6. The first kappa shape index (κ1) is 11.3. The fourth-order valence-corrected chi connectivity index (χ4v) is 1.35. The van der Waals surface area contributed by atoms with E-state index in [0.717, 1.165) is 6.92 Å². The molecule has 1 amide bonds. The van der Waals surface area contributed by atoms with E-state index in [4.69, 9.17) is 6.52 Å². The molecular weight excluding hydrogens is 222 g/mol. The molecule has 0 saturated carbocycles. The molecular formula is C8H13NO7. The zero-order valence-corrected chi connectivity index (χ0v) is 8.40. The van der Waals surface area contributed by atoms with Gasteiger partial charge in [-0.25, -0.2) is 4.79 Å². The lowest BCUT2D eigenvalue weighted by atomic mass is 9.94. The van der Waals surface area contributed by atoms with Crippen molar-refractivity contribution in [2.24, 2.45) is 0 Å². The number of esters is 1. The van der Waals surface area contributed by atoms with Crippen LogP contribution in [0.5, 0.6) is 0 Å². The second kappa shape index (κ2) is 4.34. The van der Waals surface area contributed by atoms with Crippen molar-refractivity contribution < 1.29 is 36.2 Å². The first-order chi connectivity index (χ1) is 7.76. The molecule has 1 aliphatic heterocycles. The quantitative estimate of drug-likeness (QED) is 0.247. The van der Waals surface area contributed by atoms with Gasteiger partial charge in [0.25, 0.3) is 5.72 Å². The molecule has 1 rings (SSSR count). The van der Waals surface area contributed by atoms with Crippen molar-refractivity contribution in [3.8, 4) is 0 Å². The predicted octanol–water partition coefficient (Wildman–Crippen LogP) is -3.55. The Morgan fingerprint density at radius 1 is 1.69 bits per heavy atom. The highest BCUT2D eigenvalue weighted by Crippen LogP contribution is 2.23. The van der Waals surface area contributed by atoms with E-state index >= 15 is 0 Å². The summed E-state index contributed by atoms with van der Waals surface area (Å²) in [5.41, 5.74) is -2.99. The predicted molar refractivity (Wildman–Crippen MR) is 47.7 cm³/mol. The molecule has 1 saturated heterocycles. The van der Waals surface area contributed by atoms with Crippen molar-refractivity contribution in [1.29, 1.82) is 0 Å². The zero-order valence-electron chi connectivity index (χ0n) is 9.40. The van der Waals surface area contributed by atoms with Gasteiger partial charge in [0.2, 0.25) is 5.91 Å². The summed E-state index contributed by atoms with van der Waals surface area (Å²) in [7, 11) is 0. The molecule has 0 bridgehead atoms. The van der Waals surface area contributed by atoms with E-state index in [-0.39, 0.29) is 5.31 Å². The van der Waals surface area contributed by atoms with Crippen LogP contribution in [0.25, 0.3) is 0 Å². The topological polar surface area (TPSA) is 136 Å². The molecule has 0 unspecified atom stereocenters. The summed E-state index contributed by atoms with van der Waals surface area (Å²) >= 11 is 0. The van der Waals surface area contributed by atoms with Crippen molar-refractivity contribution >= 4 is 11.9 Å². The Morgan fingerprint density at radius 3 is 2.69 bits per heavy atom. The van der Waals surface area contributed by atoms with Gasteiger partial charge in [0.15, 0.2) is 7.52 Å². The Kier molecular flexibility index (Phi) is 3.06. The summed E-state index contributed by atoms with van der Waals surface area (Å²) in [4.78, 5) is 22.3. The summed E-state index contributed by atoms with van der Waals surface area (Å²) in [6.45, 7) is 0.119. The Morgan fingerprint density at radius 2 is 2.25 bits per heavy atom. The smallest absolute Gasteiger partial charge is 0.363 e. The minimum atomic E-state index is -2.99. The fourth-order valence-electron chi connectivity index (χ4n) is 1.35. The number of aliphatic hydroxyl groups excluding tert-OH is 3. The van der Waals surface area contributed by atoms with Gasteiger partial charge in [-0.05, 0) is 0 Å². The number of rotatable bonds is 2. The molecule has 0 aromatic rings. The van der Waals surface area contributed by atoms with E-state index < -0.39 is 42.5 Å². The van der Waals surface area contributed by atoms with E-state index in [1.54, 1.807) is 0 Å². The summed E-state index contributed by atoms with van der Waals surface area (Å²) in [5.74, 6) is -2.52. The Balaban J connectivity index is 3.08. The highest BCUT2D eigenvalue weighted by Gasteiger charge is 2.56. The van der Waals surface area contributed by atoms with E-state index in [1.807, 2.05) is 0 Å². The number of amides is 1. The van der Waals surface area contributed by atoms with Crippen molar-refractivity contribution in [2.45, 2.75) is 31.0 Å². The third-order valence-corrected chi connectivity index (χ3v) is 2.18. The third kappa shape index (κ3) is 2.00. The molecule has 0 aliphatic carbocycles. The molecule has 1 heterocycles. The second-order valence-corrected chi connectivity index (χ2v) is 3.42. The van der Waals surface area contributed by atoms with Crippen LogP contribution in [0, 0.1) is 0 Å². The second-order valence-electron chi connectivity index (χ2n) is 3.42. The van der Waals surface area contributed by atoms with Gasteiger partial charge in [0.05, 0.1) is 6.61 Å². The molecule has 92 valence electrons. The minimum Gasteiger partial charge on any atom is -0.453 e. The van der Waals surface area contributed by atoms with Crippen LogP contribution >= 0.6 is 0 Å². The van der Waals surface area contributed by atoms with Gasteiger partial charge >= 0.3 is 5.97 Å². The normalized spacial score (nSPS) is 39.9. The summed E-state index contributed by atoms with van der Waals surface area (Å²) in [5, 5.41) is 37.4. The van der Waals surface area contributed by atoms with Crippen molar-refractivity contribution in [1.82, 2.24) is 5.31 Å². The minimum absolute atomic E-state index is 0.184. The van der Waals surface area contributed by atoms with Crippen molar-refractivity contribution in [3.05, 3.63) is 0 Å². The maximum Gasteiger partial charge on any atom is 0.363 e. The first-order valence-electron chi connectivity index (χ1n) is 4.91. The van der Waals surface area contributed by atoms with E-state index in [9.17, 15) is 24.9 Å². The molecule has 8 nitrogen and oxygen atoms in total.